The first-order valence-corrected chi connectivity index (χ1v) is 7.59. The highest BCUT2D eigenvalue weighted by atomic mass is 16.5. The fourth-order valence-electron chi connectivity index (χ4n) is 2.85. The number of rotatable bonds is 8. The highest BCUT2D eigenvalue weighted by molar-refractivity contribution is 5.06. The molecule has 2 aliphatic rings. The van der Waals surface area contributed by atoms with E-state index in [0.717, 1.165) is 38.9 Å². The third kappa shape index (κ3) is 4.76. The van der Waals surface area contributed by atoms with Crippen LogP contribution in [0.3, 0.4) is 0 Å². The summed E-state index contributed by atoms with van der Waals surface area (Å²) in [5, 5.41) is 12.8. The SMILES string of the molecule is COC1CCN(CCCCC(C)(C#N)NC2CC2)C1. The Balaban J connectivity index is 1.59. The van der Waals surface area contributed by atoms with E-state index < -0.39 is 0 Å². The molecule has 4 heteroatoms. The number of ether oxygens (including phenoxy) is 1. The Kier molecular flexibility index (Phi) is 5.20. The van der Waals surface area contributed by atoms with Crippen LogP contribution in [0, 0.1) is 11.3 Å². The molecule has 1 N–H and O–H groups in total. The van der Waals surface area contributed by atoms with Gasteiger partial charge in [-0.3, -0.25) is 5.32 Å². The van der Waals surface area contributed by atoms with Crippen molar-refractivity contribution in [1.82, 2.24) is 10.2 Å². The Hall–Kier alpha value is -0.630. The maximum Gasteiger partial charge on any atom is 0.104 e. The molecule has 19 heavy (non-hydrogen) atoms. The number of unbranched alkanes of at least 4 members (excludes halogenated alkanes) is 1. The molecule has 2 atom stereocenters. The van der Waals surface area contributed by atoms with Gasteiger partial charge in [0.25, 0.3) is 0 Å². The minimum atomic E-state index is -0.318. The predicted octanol–water partition coefficient (Wildman–Crippen LogP) is 1.91. The van der Waals surface area contributed by atoms with E-state index in [-0.39, 0.29) is 5.54 Å². The van der Waals surface area contributed by atoms with Gasteiger partial charge in [0.15, 0.2) is 0 Å². The predicted molar refractivity (Wildman–Crippen MR) is 75.9 cm³/mol. The van der Waals surface area contributed by atoms with Crippen molar-refractivity contribution in [3.8, 4) is 6.07 Å². The molecule has 108 valence electrons. The topological polar surface area (TPSA) is 48.3 Å². The lowest BCUT2D eigenvalue weighted by Gasteiger charge is -2.23. The molecule has 1 aliphatic heterocycles. The van der Waals surface area contributed by atoms with Crippen LogP contribution in [0.4, 0.5) is 0 Å². The lowest BCUT2D eigenvalue weighted by Crippen LogP contribution is -2.42. The summed E-state index contributed by atoms with van der Waals surface area (Å²) in [6, 6.07) is 3.05. The van der Waals surface area contributed by atoms with E-state index in [4.69, 9.17) is 4.74 Å². The Morgan fingerprint density at radius 3 is 2.74 bits per heavy atom. The van der Waals surface area contributed by atoms with Crippen molar-refractivity contribution >= 4 is 0 Å². The fourth-order valence-corrected chi connectivity index (χ4v) is 2.85. The van der Waals surface area contributed by atoms with E-state index in [0.29, 0.717) is 12.1 Å². The molecule has 0 radical (unpaired) electrons. The Bertz CT molecular complexity index is 324. The van der Waals surface area contributed by atoms with E-state index >= 15 is 0 Å². The summed E-state index contributed by atoms with van der Waals surface area (Å²) in [7, 11) is 1.80. The van der Waals surface area contributed by atoms with Crippen LogP contribution in [-0.2, 0) is 4.74 Å². The maximum atomic E-state index is 9.30. The number of nitrogens with one attached hydrogen (secondary N) is 1. The fraction of sp³-hybridized carbons (Fsp3) is 0.933. The van der Waals surface area contributed by atoms with Gasteiger partial charge >= 0.3 is 0 Å². The minimum Gasteiger partial charge on any atom is -0.380 e. The highest BCUT2D eigenvalue weighted by Gasteiger charge is 2.32. The number of hydrogen-bond acceptors (Lipinski definition) is 4. The van der Waals surface area contributed by atoms with Gasteiger partial charge in [0.05, 0.1) is 12.2 Å². The van der Waals surface area contributed by atoms with Crippen LogP contribution in [0.2, 0.25) is 0 Å². The zero-order valence-electron chi connectivity index (χ0n) is 12.3. The Morgan fingerprint density at radius 2 is 2.16 bits per heavy atom. The van der Waals surface area contributed by atoms with E-state index in [9.17, 15) is 5.26 Å². The van der Waals surface area contributed by atoms with Gasteiger partial charge in [0.1, 0.15) is 5.54 Å². The van der Waals surface area contributed by atoms with Crippen LogP contribution < -0.4 is 5.32 Å². The van der Waals surface area contributed by atoms with Crippen molar-refractivity contribution < 1.29 is 4.74 Å². The number of hydrogen-bond donors (Lipinski definition) is 1. The first-order chi connectivity index (χ1) is 9.15. The molecule has 2 rings (SSSR count). The number of nitrogens with zero attached hydrogens (tertiary/aromatic N) is 2. The average molecular weight is 265 g/mol. The standard InChI is InChI=1S/C15H27N3O/c1-15(12-16,17-13-5-6-13)8-3-4-9-18-10-7-14(11-18)19-2/h13-14,17H,3-11H2,1-2H3. The summed E-state index contributed by atoms with van der Waals surface area (Å²) < 4.78 is 5.38. The van der Waals surface area contributed by atoms with Crippen LogP contribution in [0.15, 0.2) is 0 Å². The maximum absolute atomic E-state index is 9.30. The second-order valence-electron chi connectivity index (χ2n) is 6.27. The van der Waals surface area contributed by atoms with Gasteiger partial charge in [-0.05, 0) is 52.0 Å². The van der Waals surface area contributed by atoms with Crippen molar-refractivity contribution in [3.63, 3.8) is 0 Å². The molecule has 0 aromatic carbocycles. The summed E-state index contributed by atoms with van der Waals surface area (Å²) in [6.45, 7) is 5.42. The summed E-state index contributed by atoms with van der Waals surface area (Å²) >= 11 is 0. The second-order valence-corrected chi connectivity index (χ2v) is 6.27. The Labute approximate surface area is 117 Å². The zero-order valence-corrected chi connectivity index (χ0v) is 12.3. The molecule has 0 aromatic heterocycles. The number of likely N-dealkylation sites (tertiary alicyclic amines) is 1. The van der Waals surface area contributed by atoms with Crippen molar-refractivity contribution in [2.24, 2.45) is 0 Å². The van der Waals surface area contributed by atoms with Crippen molar-refractivity contribution in [3.05, 3.63) is 0 Å². The van der Waals surface area contributed by atoms with E-state index in [1.807, 2.05) is 6.92 Å². The molecule has 1 aliphatic carbocycles. The normalized spacial score (nSPS) is 27.1. The smallest absolute Gasteiger partial charge is 0.104 e. The molecule has 0 amide bonds. The quantitative estimate of drug-likeness (QED) is 0.681. The molecular weight excluding hydrogens is 238 g/mol. The lowest BCUT2D eigenvalue weighted by molar-refractivity contribution is 0.108. The number of nitriles is 1. The summed E-state index contributed by atoms with van der Waals surface area (Å²) in [5.41, 5.74) is -0.318. The molecule has 2 fully saturated rings. The van der Waals surface area contributed by atoms with Crippen LogP contribution in [0.5, 0.6) is 0 Å². The lowest BCUT2D eigenvalue weighted by atomic mass is 9.96. The van der Waals surface area contributed by atoms with E-state index in [1.165, 1.54) is 19.3 Å². The number of methoxy groups -OCH3 is 1. The summed E-state index contributed by atoms with van der Waals surface area (Å²) in [6.07, 6.45) is 7.34. The van der Waals surface area contributed by atoms with Gasteiger partial charge in [-0.1, -0.05) is 0 Å². The highest BCUT2D eigenvalue weighted by Crippen LogP contribution is 2.25. The largest absolute Gasteiger partial charge is 0.380 e. The molecule has 1 saturated heterocycles. The summed E-state index contributed by atoms with van der Waals surface area (Å²) in [5.74, 6) is 0. The van der Waals surface area contributed by atoms with Crippen LogP contribution in [0.25, 0.3) is 0 Å². The average Bonchev–Trinajstić information content (AvgIpc) is 3.09. The molecule has 1 heterocycles. The molecule has 1 saturated carbocycles. The van der Waals surface area contributed by atoms with Gasteiger partial charge < -0.3 is 9.64 Å². The van der Waals surface area contributed by atoms with Gasteiger partial charge in [-0.15, -0.1) is 0 Å². The summed E-state index contributed by atoms with van der Waals surface area (Å²) in [4.78, 5) is 2.48. The Morgan fingerprint density at radius 1 is 1.37 bits per heavy atom. The van der Waals surface area contributed by atoms with Crippen molar-refractivity contribution in [1.29, 1.82) is 5.26 Å². The van der Waals surface area contributed by atoms with Gasteiger partial charge in [-0.25, -0.2) is 0 Å². The van der Waals surface area contributed by atoms with Crippen LogP contribution in [0.1, 0.15) is 45.4 Å². The van der Waals surface area contributed by atoms with Gasteiger partial charge in [-0.2, -0.15) is 5.26 Å². The molecule has 0 bridgehead atoms. The monoisotopic (exact) mass is 265 g/mol. The molecule has 0 aromatic rings. The van der Waals surface area contributed by atoms with Crippen LogP contribution >= 0.6 is 0 Å². The molecule has 4 nitrogen and oxygen atoms in total. The second kappa shape index (κ2) is 6.69. The van der Waals surface area contributed by atoms with E-state index in [1.54, 1.807) is 7.11 Å². The van der Waals surface area contributed by atoms with Crippen molar-refractivity contribution in [2.75, 3.05) is 26.7 Å². The van der Waals surface area contributed by atoms with Gasteiger partial charge in [0.2, 0.25) is 0 Å². The minimum absolute atomic E-state index is 0.318. The first-order valence-electron chi connectivity index (χ1n) is 7.59. The van der Waals surface area contributed by atoms with E-state index in [2.05, 4.69) is 16.3 Å². The molecule has 2 unspecified atom stereocenters. The third-order valence-corrected chi connectivity index (χ3v) is 4.31. The first kappa shape index (κ1) is 14.8. The molecular formula is C15H27N3O. The van der Waals surface area contributed by atoms with Crippen molar-refractivity contribution in [2.45, 2.75) is 63.1 Å². The van der Waals surface area contributed by atoms with Gasteiger partial charge in [0, 0.05) is 26.2 Å². The third-order valence-electron chi connectivity index (χ3n) is 4.31. The zero-order chi connectivity index (χ0) is 13.7. The van der Waals surface area contributed by atoms with Crippen LogP contribution in [-0.4, -0.2) is 49.3 Å². The molecule has 0 spiro atoms.